The molecule has 0 radical (unpaired) electrons. The van der Waals surface area contributed by atoms with E-state index in [1.807, 2.05) is 30.3 Å². The van der Waals surface area contributed by atoms with Gasteiger partial charge in [0, 0.05) is 6.42 Å². The van der Waals surface area contributed by atoms with Crippen LogP contribution in [0.25, 0.3) is 0 Å². The highest BCUT2D eigenvalue weighted by Gasteiger charge is 2.05. The maximum absolute atomic E-state index is 11.3. The van der Waals surface area contributed by atoms with Crippen molar-refractivity contribution in [1.82, 2.24) is 5.32 Å². The predicted molar refractivity (Wildman–Crippen MR) is 58.4 cm³/mol. The number of aldehydes is 1. The van der Waals surface area contributed by atoms with Gasteiger partial charge in [0.1, 0.15) is 6.29 Å². The van der Waals surface area contributed by atoms with Crippen LogP contribution in [0.5, 0.6) is 0 Å². The second kappa shape index (κ2) is 5.96. The molecule has 0 aromatic heterocycles. The molecule has 0 bridgehead atoms. The Hall–Kier alpha value is -1.64. The van der Waals surface area contributed by atoms with E-state index in [-0.39, 0.29) is 5.91 Å². The minimum Gasteiger partial charge on any atom is -0.347 e. The molecule has 1 atom stereocenters. The zero-order valence-electron chi connectivity index (χ0n) is 8.77. The molecule has 1 N–H and O–H groups in total. The van der Waals surface area contributed by atoms with Crippen molar-refractivity contribution in [2.75, 3.05) is 0 Å². The summed E-state index contributed by atoms with van der Waals surface area (Å²) < 4.78 is 0. The highest BCUT2D eigenvalue weighted by atomic mass is 16.2. The molecule has 1 aromatic rings. The Morgan fingerprint density at radius 1 is 1.40 bits per heavy atom. The monoisotopic (exact) mass is 205 g/mol. The fraction of sp³-hybridized carbons (Fsp3) is 0.333. The van der Waals surface area contributed by atoms with Gasteiger partial charge in [0.25, 0.3) is 0 Å². The Balaban J connectivity index is 2.31. The summed E-state index contributed by atoms with van der Waals surface area (Å²) in [5.41, 5.74) is 1.13. The van der Waals surface area contributed by atoms with Gasteiger partial charge in [-0.15, -0.1) is 0 Å². The average molecular weight is 205 g/mol. The lowest BCUT2D eigenvalue weighted by atomic mass is 10.1. The number of amides is 1. The lowest BCUT2D eigenvalue weighted by molar-refractivity contribution is -0.123. The lowest BCUT2D eigenvalue weighted by Gasteiger charge is -2.06. The first-order valence-electron chi connectivity index (χ1n) is 5.01. The van der Waals surface area contributed by atoms with Crippen LogP contribution in [-0.4, -0.2) is 18.2 Å². The van der Waals surface area contributed by atoms with E-state index in [2.05, 4.69) is 5.32 Å². The molecule has 1 amide bonds. The van der Waals surface area contributed by atoms with E-state index in [1.54, 1.807) is 6.92 Å². The van der Waals surface area contributed by atoms with Crippen molar-refractivity contribution < 1.29 is 9.59 Å². The van der Waals surface area contributed by atoms with Crippen LogP contribution in [-0.2, 0) is 16.0 Å². The van der Waals surface area contributed by atoms with Crippen LogP contribution in [0, 0.1) is 0 Å². The Labute approximate surface area is 89.5 Å². The number of aryl methyl sites for hydroxylation is 1. The van der Waals surface area contributed by atoms with E-state index >= 15 is 0 Å². The maximum atomic E-state index is 11.3. The third-order valence-corrected chi connectivity index (χ3v) is 2.08. The molecule has 80 valence electrons. The Morgan fingerprint density at radius 2 is 2.07 bits per heavy atom. The van der Waals surface area contributed by atoms with Crippen molar-refractivity contribution in [3.8, 4) is 0 Å². The number of hydrogen-bond acceptors (Lipinski definition) is 2. The van der Waals surface area contributed by atoms with E-state index in [1.165, 1.54) is 0 Å². The van der Waals surface area contributed by atoms with Crippen LogP contribution in [0.2, 0.25) is 0 Å². The van der Waals surface area contributed by atoms with E-state index < -0.39 is 6.04 Å². The van der Waals surface area contributed by atoms with Crippen molar-refractivity contribution in [3.05, 3.63) is 35.9 Å². The van der Waals surface area contributed by atoms with Crippen molar-refractivity contribution in [2.45, 2.75) is 25.8 Å². The number of hydrogen-bond donors (Lipinski definition) is 1. The largest absolute Gasteiger partial charge is 0.347 e. The average Bonchev–Trinajstić information content (AvgIpc) is 2.27. The third kappa shape index (κ3) is 4.40. The summed E-state index contributed by atoms with van der Waals surface area (Å²) in [7, 11) is 0. The van der Waals surface area contributed by atoms with Crippen LogP contribution in [0.3, 0.4) is 0 Å². The molecular formula is C12H15NO2. The molecule has 1 rings (SSSR count). The minimum atomic E-state index is -0.395. The van der Waals surface area contributed by atoms with Crippen LogP contribution < -0.4 is 5.32 Å². The third-order valence-electron chi connectivity index (χ3n) is 2.08. The smallest absolute Gasteiger partial charge is 0.220 e. The molecule has 0 saturated heterocycles. The first-order chi connectivity index (χ1) is 7.22. The van der Waals surface area contributed by atoms with E-state index in [0.717, 1.165) is 11.8 Å². The van der Waals surface area contributed by atoms with E-state index in [9.17, 15) is 9.59 Å². The van der Waals surface area contributed by atoms with Crippen molar-refractivity contribution in [1.29, 1.82) is 0 Å². The Morgan fingerprint density at radius 3 is 2.67 bits per heavy atom. The quantitative estimate of drug-likeness (QED) is 0.737. The highest BCUT2D eigenvalue weighted by Crippen LogP contribution is 2.02. The molecule has 3 heteroatoms. The van der Waals surface area contributed by atoms with Gasteiger partial charge in [-0.3, -0.25) is 4.79 Å². The molecule has 0 heterocycles. The number of nitrogens with one attached hydrogen (secondary N) is 1. The van der Waals surface area contributed by atoms with Gasteiger partial charge in [0.15, 0.2) is 0 Å². The summed E-state index contributed by atoms with van der Waals surface area (Å²) in [6.07, 6.45) is 1.85. The number of rotatable bonds is 5. The highest BCUT2D eigenvalue weighted by molar-refractivity contribution is 5.79. The molecule has 0 unspecified atom stereocenters. The standard InChI is InChI=1S/C12H15NO2/c1-10(9-14)13-12(15)8-7-11-5-3-2-4-6-11/h2-6,9-10H,7-8H2,1H3,(H,13,15)/t10-/m0/s1. The lowest BCUT2D eigenvalue weighted by Crippen LogP contribution is -2.33. The molecule has 0 aliphatic carbocycles. The number of benzene rings is 1. The molecule has 3 nitrogen and oxygen atoms in total. The fourth-order valence-corrected chi connectivity index (χ4v) is 1.26. The van der Waals surface area contributed by atoms with Gasteiger partial charge in [-0.1, -0.05) is 30.3 Å². The van der Waals surface area contributed by atoms with Crippen molar-refractivity contribution >= 4 is 12.2 Å². The van der Waals surface area contributed by atoms with Crippen LogP contribution >= 0.6 is 0 Å². The van der Waals surface area contributed by atoms with Crippen LogP contribution in [0.1, 0.15) is 18.9 Å². The van der Waals surface area contributed by atoms with Gasteiger partial charge in [0.2, 0.25) is 5.91 Å². The second-order valence-electron chi connectivity index (χ2n) is 3.48. The normalized spacial score (nSPS) is 11.8. The van der Waals surface area contributed by atoms with E-state index in [0.29, 0.717) is 12.8 Å². The van der Waals surface area contributed by atoms with Gasteiger partial charge in [-0.25, -0.2) is 0 Å². The summed E-state index contributed by atoms with van der Waals surface area (Å²) in [5.74, 6) is -0.0848. The van der Waals surface area contributed by atoms with Crippen LogP contribution in [0.15, 0.2) is 30.3 Å². The summed E-state index contributed by atoms with van der Waals surface area (Å²) >= 11 is 0. The molecule has 0 fully saturated rings. The molecular weight excluding hydrogens is 190 g/mol. The first kappa shape index (κ1) is 11.4. The fourth-order valence-electron chi connectivity index (χ4n) is 1.26. The summed E-state index contributed by atoms with van der Waals surface area (Å²) in [6.45, 7) is 1.66. The maximum Gasteiger partial charge on any atom is 0.220 e. The van der Waals surface area contributed by atoms with E-state index in [4.69, 9.17) is 0 Å². The predicted octanol–water partition coefficient (Wildman–Crippen LogP) is 1.32. The summed E-state index contributed by atoms with van der Waals surface area (Å²) in [4.78, 5) is 21.6. The summed E-state index contributed by atoms with van der Waals surface area (Å²) in [5, 5.41) is 2.59. The SMILES string of the molecule is C[C@@H](C=O)NC(=O)CCc1ccccc1. The van der Waals surface area contributed by atoms with Gasteiger partial charge in [0.05, 0.1) is 6.04 Å². The van der Waals surface area contributed by atoms with Crippen molar-refractivity contribution in [3.63, 3.8) is 0 Å². The molecule has 15 heavy (non-hydrogen) atoms. The zero-order valence-corrected chi connectivity index (χ0v) is 8.77. The zero-order chi connectivity index (χ0) is 11.1. The van der Waals surface area contributed by atoms with Gasteiger partial charge >= 0.3 is 0 Å². The summed E-state index contributed by atoms with van der Waals surface area (Å²) in [6, 6.07) is 9.40. The second-order valence-corrected chi connectivity index (χ2v) is 3.48. The van der Waals surface area contributed by atoms with Crippen molar-refractivity contribution in [2.24, 2.45) is 0 Å². The number of carbonyl (C=O) groups excluding carboxylic acids is 2. The number of carbonyl (C=O) groups is 2. The van der Waals surface area contributed by atoms with Gasteiger partial charge in [-0.05, 0) is 18.9 Å². The first-order valence-corrected chi connectivity index (χ1v) is 5.01. The molecule has 0 saturated carbocycles. The molecule has 0 aliphatic rings. The Kier molecular flexibility index (Phi) is 4.54. The van der Waals surface area contributed by atoms with Crippen LogP contribution in [0.4, 0.5) is 0 Å². The topological polar surface area (TPSA) is 46.2 Å². The molecule has 0 aliphatic heterocycles. The molecule has 0 spiro atoms. The van der Waals surface area contributed by atoms with Gasteiger partial charge < -0.3 is 10.1 Å². The molecule has 1 aromatic carbocycles. The van der Waals surface area contributed by atoms with Gasteiger partial charge in [-0.2, -0.15) is 0 Å². The minimum absolute atomic E-state index is 0.0848. The Bertz CT molecular complexity index is 322.